The molecule has 0 aliphatic carbocycles. The van der Waals surface area contributed by atoms with Gasteiger partial charge in [-0.25, -0.2) is 4.79 Å². The first kappa shape index (κ1) is 19.4. The van der Waals surface area contributed by atoms with Crippen LogP contribution < -0.4 is 4.74 Å². The van der Waals surface area contributed by atoms with E-state index in [2.05, 4.69) is 0 Å². The molecule has 4 aromatic rings. The van der Waals surface area contributed by atoms with Crippen LogP contribution in [0.4, 0.5) is 0 Å². The number of fused-ring (bicyclic) bond motifs is 1. The molecule has 0 radical (unpaired) electrons. The minimum absolute atomic E-state index is 0.0973. The molecular weight excluding hydrogens is 409 g/mol. The summed E-state index contributed by atoms with van der Waals surface area (Å²) >= 11 is 12.2. The largest absolute Gasteiger partial charge is 0.476 e. The first-order valence-corrected chi connectivity index (χ1v) is 9.81. The number of hydrogen-bond acceptors (Lipinski definition) is 2. The van der Waals surface area contributed by atoms with Crippen molar-refractivity contribution in [1.82, 2.24) is 4.57 Å². The number of aromatic nitrogens is 1. The van der Waals surface area contributed by atoms with Crippen LogP contribution in [-0.2, 0) is 13.0 Å². The fourth-order valence-corrected chi connectivity index (χ4v) is 3.64. The second-order valence-corrected chi connectivity index (χ2v) is 7.46. The molecule has 0 saturated carbocycles. The Morgan fingerprint density at radius 1 is 0.931 bits per heavy atom. The van der Waals surface area contributed by atoms with Crippen LogP contribution in [0, 0.1) is 0 Å². The van der Waals surface area contributed by atoms with Gasteiger partial charge in [-0.3, -0.25) is 0 Å². The Labute approximate surface area is 177 Å². The van der Waals surface area contributed by atoms with E-state index in [0.717, 1.165) is 11.1 Å². The Kier molecular flexibility index (Phi) is 5.47. The van der Waals surface area contributed by atoms with E-state index in [4.69, 9.17) is 27.9 Å². The highest BCUT2D eigenvalue weighted by atomic mass is 35.5. The summed E-state index contributed by atoms with van der Waals surface area (Å²) in [5, 5.41) is 11.8. The number of rotatable bonds is 6. The molecule has 0 bridgehead atoms. The van der Waals surface area contributed by atoms with Gasteiger partial charge >= 0.3 is 5.97 Å². The minimum Gasteiger partial charge on any atom is -0.476 e. The van der Waals surface area contributed by atoms with Crippen molar-refractivity contribution in [2.45, 2.75) is 13.0 Å². The van der Waals surface area contributed by atoms with Gasteiger partial charge in [0.05, 0.1) is 5.52 Å². The van der Waals surface area contributed by atoms with Gasteiger partial charge in [0.2, 0.25) is 0 Å². The summed E-state index contributed by atoms with van der Waals surface area (Å²) in [5.74, 6) is -0.205. The molecule has 4 rings (SSSR count). The number of aryl methyl sites for hydroxylation is 2. The van der Waals surface area contributed by atoms with Crippen LogP contribution in [0.2, 0.25) is 10.0 Å². The number of halogens is 2. The predicted octanol–water partition coefficient (Wildman–Crippen LogP) is 6.68. The third-order valence-corrected chi connectivity index (χ3v) is 5.17. The quantitative estimate of drug-likeness (QED) is 0.374. The molecule has 3 aromatic carbocycles. The Balaban J connectivity index is 1.81. The molecule has 146 valence electrons. The summed E-state index contributed by atoms with van der Waals surface area (Å²) < 4.78 is 7.77. The molecule has 0 fully saturated rings. The van der Waals surface area contributed by atoms with E-state index in [1.54, 1.807) is 28.8 Å². The monoisotopic (exact) mass is 425 g/mol. The van der Waals surface area contributed by atoms with E-state index in [9.17, 15) is 9.90 Å². The molecule has 0 amide bonds. The van der Waals surface area contributed by atoms with Gasteiger partial charge in [0.25, 0.3) is 0 Å². The molecular formula is C23H17Cl2NO3. The second kappa shape index (κ2) is 8.19. The molecule has 1 aromatic heterocycles. The molecule has 1 N–H and O–H groups in total. The Morgan fingerprint density at radius 3 is 2.31 bits per heavy atom. The molecule has 0 aliphatic heterocycles. The first-order valence-electron chi connectivity index (χ1n) is 9.05. The van der Waals surface area contributed by atoms with E-state index >= 15 is 0 Å². The number of ether oxygens (including phenoxy) is 1. The maximum Gasteiger partial charge on any atom is 0.356 e. The van der Waals surface area contributed by atoms with Crippen molar-refractivity contribution in [3.8, 4) is 11.5 Å². The number of benzene rings is 3. The van der Waals surface area contributed by atoms with Crippen molar-refractivity contribution >= 4 is 40.1 Å². The van der Waals surface area contributed by atoms with Gasteiger partial charge in [-0.1, -0.05) is 53.5 Å². The number of para-hydroxylation sites is 1. The summed E-state index contributed by atoms with van der Waals surface area (Å²) in [6.07, 6.45) is 0.647. The summed E-state index contributed by atoms with van der Waals surface area (Å²) in [6, 6.07) is 21.9. The van der Waals surface area contributed by atoms with Crippen LogP contribution in [0.5, 0.6) is 11.5 Å². The van der Waals surface area contributed by atoms with Crippen LogP contribution >= 0.6 is 23.2 Å². The normalized spacial score (nSPS) is 11.0. The van der Waals surface area contributed by atoms with Gasteiger partial charge in [0, 0.05) is 22.0 Å². The Morgan fingerprint density at radius 2 is 1.62 bits per heavy atom. The highest BCUT2D eigenvalue weighted by Crippen LogP contribution is 2.38. The van der Waals surface area contributed by atoms with E-state index in [1.165, 1.54) is 0 Å². The number of hydrogen-bond donors (Lipinski definition) is 1. The van der Waals surface area contributed by atoms with E-state index in [0.29, 0.717) is 34.1 Å². The summed E-state index contributed by atoms with van der Waals surface area (Å²) in [6.45, 7) is 0.472. The Bertz CT molecular complexity index is 1170. The zero-order valence-corrected chi connectivity index (χ0v) is 16.8. The van der Waals surface area contributed by atoms with Gasteiger partial charge in [-0.2, -0.15) is 0 Å². The van der Waals surface area contributed by atoms with Gasteiger partial charge in [0.1, 0.15) is 5.75 Å². The van der Waals surface area contributed by atoms with Crippen molar-refractivity contribution in [3.05, 3.63) is 94.1 Å². The van der Waals surface area contributed by atoms with Gasteiger partial charge < -0.3 is 14.4 Å². The van der Waals surface area contributed by atoms with Crippen LogP contribution in [0.25, 0.3) is 10.9 Å². The molecule has 29 heavy (non-hydrogen) atoms. The predicted molar refractivity (Wildman–Crippen MR) is 116 cm³/mol. The molecule has 0 unspecified atom stereocenters. The smallest absolute Gasteiger partial charge is 0.356 e. The van der Waals surface area contributed by atoms with Gasteiger partial charge in [-0.05, 0) is 54.4 Å². The molecule has 1 heterocycles. The lowest BCUT2D eigenvalue weighted by Gasteiger charge is -2.10. The molecule has 0 saturated heterocycles. The van der Waals surface area contributed by atoms with Crippen LogP contribution in [0.15, 0.2) is 72.8 Å². The van der Waals surface area contributed by atoms with E-state index in [-0.39, 0.29) is 11.4 Å². The van der Waals surface area contributed by atoms with Gasteiger partial charge in [-0.15, -0.1) is 0 Å². The third kappa shape index (κ3) is 4.09. The number of nitrogens with zero attached hydrogens (tertiary/aromatic N) is 1. The fourth-order valence-electron chi connectivity index (χ4n) is 3.34. The van der Waals surface area contributed by atoms with E-state index < -0.39 is 5.97 Å². The maximum atomic E-state index is 12.2. The maximum absolute atomic E-state index is 12.2. The van der Waals surface area contributed by atoms with Crippen LogP contribution in [0.1, 0.15) is 16.1 Å². The van der Waals surface area contributed by atoms with E-state index in [1.807, 2.05) is 48.5 Å². The van der Waals surface area contributed by atoms with Crippen LogP contribution in [0.3, 0.4) is 0 Å². The number of carboxylic acids is 1. The van der Waals surface area contributed by atoms with Crippen molar-refractivity contribution in [2.75, 3.05) is 0 Å². The van der Waals surface area contributed by atoms with Crippen molar-refractivity contribution in [1.29, 1.82) is 0 Å². The lowest BCUT2D eigenvalue weighted by molar-refractivity contribution is 0.0682. The summed E-state index contributed by atoms with van der Waals surface area (Å²) in [5.41, 5.74) is 1.92. The zero-order chi connectivity index (χ0) is 20.4. The Hall–Kier alpha value is -2.95. The highest BCUT2D eigenvalue weighted by Gasteiger charge is 2.24. The first-order chi connectivity index (χ1) is 14.0. The lowest BCUT2D eigenvalue weighted by atomic mass is 10.1. The zero-order valence-electron chi connectivity index (χ0n) is 15.3. The SMILES string of the molecule is O=C(O)c1c(Oc2ccccc2)c2cc(Cl)ccc2n1CCc1ccc(Cl)cc1. The number of carbonyl (C=O) groups is 1. The highest BCUT2D eigenvalue weighted by molar-refractivity contribution is 6.31. The topological polar surface area (TPSA) is 51.5 Å². The second-order valence-electron chi connectivity index (χ2n) is 6.59. The molecule has 0 spiro atoms. The minimum atomic E-state index is -1.06. The molecule has 0 atom stereocenters. The van der Waals surface area contributed by atoms with Crippen molar-refractivity contribution in [2.24, 2.45) is 0 Å². The lowest BCUT2D eigenvalue weighted by Crippen LogP contribution is -2.11. The van der Waals surface area contributed by atoms with Crippen LogP contribution in [-0.4, -0.2) is 15.6 Å². The average Bonchev–Trinajstić information content (AvgIpc) is 3.01. The fraction of sp³-hybridized carbons (Fsp3) is 0.0870. The van der Waals surface area contributed by atoms with Crippen molar-refractivity contribution in [3.63, 3.8) is 0 Å². The number of aromatic carboxylic acids is 1. The average molecular weight is 426 g/mol. The summed E-state index contributed by atoms with van der Waals surface area (Å²) in [7, 11) is 0. The van der Waals surface area contributed by atoms with Crippen molar-refractivity contribution < 1.29 is 14.6 Å². The third-order valence-electron chi connectivity index (χ3n) is 4.68. The summed E-state index contributed by atoms with van der Waals surface area (Å²) in [4.78, 5) is 12.2. The number of carboxylic acid groups (broad SMARTS) is 1. The molecule has 0 aliphatic rings. The van der Waals surface area contributed by atoms with Gasteiger partial charge in [0.15, 0.2) is 11.4 Å². The standard InChI is InChI=1S/C23H17Cl2NO3/c24-16-8-6-15(7-9-16)12-13-26-20-11-10-17(25)14-19(20)22(21(26)23(27)28)29-18-4-2-1-3-5-18/h1-11,14H,12-13H2,(H,27,28). The molecule has 6 heteroatoms. The molecule has 4 nitrogen and oxygen atoms in total.